The summed E-state index contributed by atoms with van der Waals surface area (Å²) in [4.78, 5) is 12.4. The summed E-state index contributed by atoms with van der Waals surface area (Å²) in [6.45, 7) is 1.89. The van der Waals surface area contributed by atoms with Gasteiger partial charge in [-0.25, -0.2) is 4.39 Å². The number of fused-ring (bicyclic) bond motifs is 1. The molecule has 0 radical (unpaired) electrons. The maximum Gasteiger partial charge on any atom is 0.265 e. The van der Waals surface area contributed by atoms with Crippen LogP contribution in [0.2, 0.25) is 0 Å². The van der Waals surface area contributed by atoms with E-state index >= 15 is 0 Å². The van der Waals surface area contributed by atoms with Crippen LogP contribution in [-0.4, -0.2) is 12.0 Å². The third kappa shape index (κ3) is 3.54. The molecule has 4 heteroatoms. The maximum absolute atomic E-state index is 12.9. The lowest BCUT2D eigenvalue weighted by Crippen LogP contribution is -2.32. The van der Waals surface area contributed by atoms with E-state index in [1.54, 1.807) is 0 Å². The Morgan fingerprint density at radius 3 is 2.50 bits per heavy atom. The molecule has 0 aliphatic rings. The van der Waals surface area contributed by atoms with Gasteiger partial charge in [-0.15, -0.1) is 0 Å². The maximum atomic E-state index is 12.9. The van der Waals surface area contributed by atoms with Crippen molar-refractivity contribution in [3.63, 3.8) is 0 Å². The van der Waals surface area contributed by atoms with Gasteiger partial charge in [0.2, 0.25) is 0 Å². The van der Waals surface area contributed by atoms with Crippen molar-refractivity contribution in [3.8, 4) is 5.75 Å². The first kappa shape index (κ1) is 16.0. The Balaban J connectivity index is 1.78. The van der Waals surface area contributed by atoms with E-state index in [0.29, 0.717) is 17.9 Å². The molecule has 0 unspecified atom stereocenters. The molecule has 0 saturated heterocycles. The summed E-state index contributed by atoms with van der Waals surface area (Å²) < 4.78 is 18.9. The molecule has 0 saturated carbocycles. The van der Waals surface area contributed by atoms with E-state index in [4.69, 9.17) is 4.74 Å². The van der Waals surface area contributed by atoms with Crippen LogP contribution in [0.15, 0.2) is 66.7 Å². The quantitative estimate of drug-likeness (QED) is 0.734. The van der Waals surface area contributed by atoms with Crippen LogP contribution in [0, 0.1) is 5.82 Å². The average Bonchev–Trinajstić information content (AvgIpc) is 2.61. The van der Waals surface area contributed by atoms with Crippen LogP contribution in [0.3, 0.4) is 0 Å². The average molecular weight is 323 g/mol. The van der Waals surface area contributed by atoms with Gasteiger partial charge in [-0.1, -0.05) is 43.3 Å². The monoisotopic (exact) mass is 323 g/mol. The van der Waals surface area contributed by atoms with Crippen molar-refractivity contribution in [2.45, 2.75) is 19.4 Å². The fourth-order valence-electron chi connectivity index (χ4n) is 2.53. The number of benzene rings is 3. The molecule has 1 atom stereocenters. The third-order valence-corrected chi connectivity index (χ3v) is 3.79. The van der Waals surface area contributed by atoms with Crippen molar-refractivity contribution in [2.24, 2.45) is 0 Å². The van der Waals surface area contributed by atoms with Gasteiger partial charge in [-0.2, -0.15) is 0 Å². The second-order valence-electron chi connectivity index (χ2n) is 5.49. The smallest absolute Gasteiger partial charge is 0.265 e. The molecule has 0 fully saturated rings. The zero-order valence-electron chi connectivity index (χ0n) is 13.3. The molecule has 0 heterocycles. The highest BCUT2D eigenvalue weighted by Gasteiger charge is 2.19. The molecule has 122 valence electrons. The van der Waals surface area contributed by atoms with Gasteiger partial charge in [0.1, 0.15) is 11.6 Å². The normalized spacial score (nSPS) is 11.9. The van der Waals surface area contributed by atoms with Gasteiger partial charge in [0.25, 0.3) is 5.91 Å². The van der Waals surface area contributed by atoms with Crippen molar-refractivity contribution in [1.29, 1.82) is 0 Å². The lowest BCUT2D eigenvalue weighted by molar-refractivity contribution is -0.122. The highest BCUT2D eigenvalue weighted by molar-refractivity contribution is 5.95. The minimum absolute atomic E-state index is 0.253. The molecular weight excluding hydrogens is 305 g/mol. The highest BCUT2D eigenvalue weighted by Crippen LogP contribution is 2.26. The second kappa shape index (κ2) is 7.13. The number of hydrogen-bond acceptors (Lipinski definition) is 2. The lowest BCUT2D eigenvalue weighted by atomic mass is 10.1. The van der Waals surface area contributed by atoms with Crippen molar-refractivity contribution in [3.05, 3.63) is 72.5 Å². The topological polar surface area (TPSA) is 38.3 Å². The fraction of sp³-hybridized carbons (Fsp3) is 0.150. The van der Waals surface area contributed by atoms with Crippen LogP contribution in [0.1, 0.15) is 13.3 Å². The van der Waals surface area contributed by atoms with Gasteiger partial charge in [0, 0.05) is 11.1 Å². The standard InChI is InChI=1S/C20H18FNO2/c1-2-18(20(23)22-16-12-10-15(21)11-13-16)24-19-9-5-7-14-6-3-4-8-17(14)19/h3-13,18H,2H2,1H3,(H,22,23)/t18-/m1/s1. The van der Waals surface area contributed by atoms with Gasteiger partial charge in [0.15, 0.2) is 6.10 Å². The SMILES string of the molecule is CC[C@@H](Oc1cccc2ccccc12)C(=O)Nc1ccc(F)cc1. The zero-order valence-corrected chi connectivity index (χ0v) is 13.3. The number of amides is 1. The first-order valence-electron chi connectivity index (χ1n) is 7.88. The predicted molar refractivity (Wildman–Crippen MR) is 93.7 cm³/mol. The first-order chi connectivity index (χ1) is 11.7. The van der Waals surface area contributed by atoms with E-state index in [2.05, 4.69) is 5.32 Å². The number of anilines is 1. The number of carbonyl (C=O) groups is 1. The number of rotatable bonds is 5. The summed E-state index contributed by atoms with van der Waals surface area (Å²) in [6, 6.07) is 19.3. The molecule has 0 aliphatic carbocycles. The molecule has 3 nitrogen and oxygen atoms in total. The summed E-state index contributed by atoms with van der Waals surface area (Å²) in [5.41, 5.74) is 0.543. The molecule has 0 aliphatic heterocycles. The van der Waals surface area contributed by atoms with Crippen molar-refractivity contribution < 1.29 is 13.9 Å². The molecule has 3 aromatic carbocycles. The van der Waals surface area contributed by atoms with E-state index in [1.807, 2.05) is 49.4 Å². The molecule has 0 bridgehead atoms. The Morgan fingerprint density at radius 2 is 1.75 bits per heavy atom. The summed E-state index contributed by atoms with van der Waals surface area (Å²) in [5.74, 6) is 0.0818. The number of carbonyl (C=O) groups excluding carboxylic acids is 1. The second-order valence-corrected chi connectivity index (χ2v) is 5.49. The van der Waals surface area contributed by atoms with E-state index in [9.17, 15) is 9.18 Å². The number of ether oxygens (including phenoxy) is 1. The molecule has 0 spiro atoms. The molecule has 1 N–H and O–H groups in total. The van der Waals surface area contributed by atoms with Crippen LogP contribution in [0.4, 0.5) is 10.1 Å². The largest absolute Gasteiger partial charge is 0.480 e. The van der Waals surface area contributed by atoms with E-state index in [0.717, 1.165) is 10.8 Å². The van der Waals surface area contributed by atoms with Gasteiger partial charge in [-0.3, -0.25) is 4.79 Å². The first-order valence-corrected chi connectivity index (χ1v) is 7.88. The van der Waals surface area contributed by atoms with Crippen LogP contribution in [-0.2, 0) is 4.79 Å². The zero-order chi connectivity index (χ0) is 16.9. The Kier molecular flexibility index (Phi) is 4.75. The Morgan fingerprint density at radius 1 is 1.04 bits per heavy atom. The minimum atomic E-state index is -0.624. The van der Waals surface area contributed by atoms with Gasteiger partial charge in [0.05, 0.1) is 0 Å². The Hall–Kier alpha value is -2.88. The van der Waals surface area contributed by atoms with E-state index < -0.39 is 6.10 Å². The molecule has 3 rings (SSSR count). The van der Waals surface area contributed by atoms with Gasteiger partial charge < -0.3 is 10.1 Å². The number of halogens is 1. The summed E-state index contributed by atoms with van der Waals surface area (Å²) >= 11 is 0. The van der Waals surface area contributed by atoms with Crippen molar-refractivity contribution in [2.75, 3.05) is 5.32 Å². The fourth-order valence-corrected chi connectivity index (χ4v) is 2.53. The van der Waals surface area contributed by atoms with E-state index in [1.165, 1.54) is 24.3 Å². The van der Waals surface area contributed by atoms with E-state index in [-0.39, 0.29) is 11.7 Å². The van der Waals surface area contributed by atoms with Crippen LogP contribution < -0.4 is 10.1 Å². The summed E-state index contributed by atoms with van der Waals surface area (Å²) in [7, 11) is 0. The Bertz CT molecular complexity index is 840. The molecule has 24 heavy (non-hydrogen) atoms. The summed E-state index contributed by atoms with van der Waals surface area (Å²) in [6.07, 6.45) is -0.100. The van der Waals surface area contributed by atoms with Crippen molar-refractivity contribution in [1.82, 2.24) is 0 Å². The number of hydrogen-bond donors (Lipinski definition) is 1. The summed E-state index contributed by atoms with van der Waals surface area (Å²) in [5, 5.41) is 4.78. The highest BCUT2D eigenvalue weighted by atomic mass is 19.1. The van der Waals surface area contributed by atoms with Crippen LogP contribution in [0.25, 0.3) is 10.8 Å². The number of nitrogens with one attached hydrogen (secondary N) is 1. The van der Waals surface area contributed by atoms with Gasteiger partial charge >= 0.3 is 0 Å². The molecule has 3 aromatic rings. The lowest BCUT2D eigenvalue weighted by Gasteiger charge is -2.18. The molecule has 0 aromatic heterocycles. The van der Waals surface area contributed by atoms with Crippen molar-refractivity contribution >= 4 is 22.4 Å². The van der Waals surface area contributed by atoms with Crippen LogP contribution in [0.5, 0.6) is 5.75 Å². The predicted octanol–water partition coefficient (Wildman–Crippen LogP) is 4.78. The van der Waals surface area contributed by atoms with Gasteiger partial charge in [-0.05, 0) is 42.1 Å². The Labute approximate surface area is 140 Å². The third-order valence-electron chi connectivity index (χ3n) is 3.79. The minimum Gasteiger partial charge on any atom is -0.480 e. The molecule has 1 amide bonds. The van der Waals surface area contributed by atoms with Crippen LogP contribution >= 0.6 is 0 Å². The molecular formula is C20H18FNO2.